The molecule has 6 heteroatoms. The fourth-order valence-corrected chi connectivity index (χ4v) is 2.76. The van der Waals surface area contributed by atoms with Gasteiger partial charge in [-0.05, 0) is 24.5 Å². The first-order valence-electron chi connectivity index (χ1n) is 8.67. The first kappa shape index (κ1) is 20.9. The van der Waals surface area contributed by atoms with Gasteiger partial charge in [-0.1, -0.05) is 44.7 Å². The first-order valence-corrected chi connectivity index (χ1v) is 8.67. The normalized spacial score (nSPS) is 11.8. The minimum Gasteiger partial charge on any atom is -0.508 e. The number of phenols is 1. The van der Waals surface area contributed by atoms with Crippen LogP contribution in [-0.4, -0.2) is 56.1 Å². The van der Waals surface area contributed by atoms with E-state index in [-0.39, 0.29) is 25.4 Å². The Labute approximate surface area is 144 Å². The number of aliphatic hydroxyl groups is 4. The Morgan fingerprint density at radius 2 is 1.54 bits per heavy atom. The Balaban J connectivity index is 2.65. The van der Waals surface area contributed by atoms with Gasteiger partial charge >= 0.3 is 0 Å². The highest BCUT2D eigenvalue weighted by Crippen LogP contribution is 2.22. The lowest BCUT2D eigenvalue weighted by atomic mass is 10.0. The van der Waals surface area contributed by atoms with Crippen LogP contribution in [0.3, 0.4) is 0 Å². The van der Waals surface area contributed by atoms with Crippen LogP contribution >= 0.6 is 0 Å². The van der Waals surface area contributed by atoms with E-state index in [1.165, 1.54) is 30.6 Å². The van der Waals surface area contributed by atoms with Crippen LogP contribution in [0.25, 0.3) is 0 Å². The van der Waals surface area contributed by atoms with E-state index < -0.39 is 12.6 Å². The van der Waals surface area contributed by atoms with Crippen molar-refractivity contribution >= 4 is 0 Å². The average molecular weight is 341 g/mol. The van der Waals surface area contributed by atoms with E-state index in [4.69, 9.17) is 20.4 Å². The van der Waals surface area contributed by atoms with Crippen LogP contribution in [0.5, 0.6) is 5.75 Å². The van der Waals surface area contributed by atoms with E-state index in [9.17, 15) is 5.11 Å². The van der Waals surface area contributed by atoms with Gasteiger partial charge in [-0.15, -0.1) is 0 Å². The highest BCUT2D eigenvalue weighted by atomic mass is 16.5. The largest absolute Gasteiger partial charge is 0.508 e. The van der Waals surface area contributed by atoms with E-state index in [0.717, 1.165) is 18.4 Å². The van der Waals surface area contributed by atoms with Crippen molar-refractivity contribution in [3.8, 4) is 5.75 Å². The van der Waals surface area contributed by atoms with E-state index in [0.29, 0.717) is 5.56 Å². The van der Waals surface area contributed by atoms with Crippen LogP contribution < -0.4 is 0 Å². The number of rotatable bonds is 12. The van der Waals surface area contributed by atoms with Gasteiger partial charge in [-0.3, -0.25) is 4.90 Å². The van der Waals surface area contributed by atoms with Gasteiger partial charge in [0.1, 0.15) is 5.75 Å². The Morgan fingerprint density at radius 3 is 2.12 bits per heavy atom. The summed E-state index contributed by atoms with van der Waals surface area (Å²) in [5, 5.41) is 46.5. The van der Waals surface area contributed by atoms with E-state index >= 15 is 0 Å². The molecule has 0 amide bonds. The monoisotopic (exact) mass is 341 g/mol. The van der Waals surface area contributed by atoms with Crippen LogP contribution in [0.1, 0.15) is 50.2 Å². The molecule has 24 heavy (non-hydrogen) atoms. The van der Waals surface area contributed by atoms with Gasteiger partial charge in [-0.25, -0.2) is 0 Å². The molecule has 6 nitrogen and oxygen atoms in total. The van der Waals surface area contributed by atoms with Crippen molar-refractivity contribution in [3.05, 3.63) is 29.3 Å². The summed E-state index contributed by atoms with van der Waals surface area (Å²) in [6.07, 6.45) is 3.76. The van der Waals surface area contributed by atoms with Crippen molar-refractivity contribution in [2.75, 3.05) is 13.1 Å². The number of aliphatic hydroxyl groups excluding tert-OH is 2. The zero-order valence-corrected chi connectivity index (χ0v) is 14.4. The van der Waals surface area contributed by atoms with Crippen LogP contribution in [0.2, 0.25) is 0 Å². The summed E-state index contributed by atoms with van der Waals surface area (Å²) >= 11 is 0. The summed E-state index contributed by atoms with van der Waals surface area (Å²) in [6.45, 7) is 2.14. The Bertz CT molecular complexity index is 455. The molecule has 0 aromatic heterocycles. The van der Waals surface area contributed by atoms with Gasteiger partial charge in [0.05, 0.1) is 0 Å². The maximum Gasteiger partial charge on any atom is 0.164 e. The number of hydrogen-bond acceptors (Lipinski definition) is 6. The standard InChI is InChI=1S/C18H31NO5/c1-2-3-4-5-6-7-14-8-9-16(20)15(10-14)11-19(12-17(21)22)13-18(23)24/h8-10,17-18,20-24H,2-7,11-13H2,1H3. The van der Waals surface area contributed by atoms with Crippen molar-refractivity contribution in [3.63, 3.8) is 0 Å². The van der Waals surface area contributed by atoms with Gasteiger partial charge in [0, 0.05) is 25.2 Å². The summed E-state index contributed by atoms with van der Waals surface area (Å²) in [7, 11) is 0. The highest BCUT2D eigenvalue weighted by Gasteiger charge is 2.15. The summed E-state index contributed by atoms with van der Waals surface area (Å²) in [4.78, 5) is 1.48. The molecule has 0 fully saturated rings. The first-order chi connectivity index (χ1) is 11.4. The molecular weight excluding hydrogens is 310 g/mol. The highest BCUT2D eigenvalue weighted by molar-refractivity contribution is 5.36. The van der Waals surface area contributed by atoms with Crippen molar-refractivity contribution in [2.45, 2.75) is 64.6 Å². The smallest absolute Gasteiger partial charge is 0.164 e. The summed E-state index contributed by atoms with van der Waals surface area (Å²) in [6, 6.07) is 5.43. The number of unbranched alkanes of at least 4 members (excludes halogenated alkanes) is 4. The molecule has 0 saturated heterocycles. The zero-order valence-electron chi connectivity index (χ0n) is 14.4. The molecule has 0 radical (unpaired) electrons. The molecule has 1 rings (SSSR count). The van der Waals surface area contributed by atoms with Crippen molar-refractivity contribution in [1.82, 2.24) is 4.90 Å². The molecule has 1 aromatic rings. The third-order valence-corrected chi connectivity index (χ3v) is 3.95. The maximum absolute atomic E-state index is 10.0. The van der Waals surface area contributed by atoms with E-state index in [2.05, 4.69) is 6.92 Å². The molecule has 1 aromatic carbocycles. The van der Waals surface area contributed by atoms with Gasteiger partial charge in [0.2, 0.25) is 0 Å². The lowest BCUT2D eigenvalue weighted by Crippen LogP contribution is -2.37. The molecule has 0 unspecified atom stereocenters. The number of aromatic hydroxyl groups is 1. The average Bonchev–Trinajstić information content (AvgIpc) is 2.48. The lowest BCUT2D eigenvalue weighted by Gasteiger charge is -2.24. The molecule has 0 heterocycles. The third kappa shape index (κ3) is 8.61. The molecular formula is C18H31NO5. The summed E-state index contributed by atoms with van der Waals surface area (Å²) in [5.41, 5.74) is 1.76. The Morgan fingerprint density at radius 1 is 0.917 bits per heavy atom. The Hall–Kier alpha value is -1.18. The quantitative estimate of drug-likeness (QED) is 0.290. The number of hydrogen-bond donors (Lipinski definition) is 5. The molecule has 0 bridgehead atoms. The minimum atomic E-state index is -1.58. The van der Waals surface area contributed by atoms with Crippen molar-refractivity contribution in [1.29, 1.82) is 0 Å². The van der Waals surface area contributed by atoms with Gasteiger partial charge < -0.3 is 25.5 Å². The van der Waals surface area contributed by atoms with Gasteiger partial charge in [0.15, 0.2) is 12.6 Å². The van der Waals surface area contributed by atoms with Gasteiger partial charge in [-0.2, -0.15) is 0 Å². The second-order valence-electron chi connectivity index (χ2n) is 6.28. The predicted octanol–water partition coefficient (Wildman–Crippen LogP) is 1.33. The molecule has 0 aliphatic rings. The molecule has 5 N–H and O–H groups in total. The number of aryl methyl sites for hydroxylation is 1. The van der Waals surface area contributed by atoms with Crippen molar-refractivity contribution in [2.24, 2.45) is 0 Å². The van der Waals surface area contributed by atoms with Crippen LogP contribution in [-0.2, 0) is 13.0 Å². The number of nitrogens with zero attached hydrogens (tertiary/aromatic N) is 1. The molecule has 0 aliphatic heterocycles. The Kier molecular flexibility index (Phi) is 9.90. The minimum absolute atomic E-state index is 0.120. The van der Waals surface area contributed by atoms with Crippen molar-refractivity contribution < 1.29 is 25.5 Å². The van der Waals surface area contributed by atoms with Gasteiger partial charge in [0.25, 0.3) is 0 Å². The van der Waals surface area contributed by atoms with Crippen LogP contribution in [0, 0.1) is 0 Å². The van der Waals surface area contributed by atoms with Crippen LogP contribution in [0.4, 0.5) is 0 Å². The topological polar surface area (TPSA) is 104 Å². The molecule has 0 saturated carbocycles. The van der Waals surface area contributed by atoms with E-state index in [1.54, 1.807) is 6.07 Å². The third-order valence-electron chi connectivity index (χ3n) is 3.95. The summed E-state index contributed by atoms with van der Waals surface area (Å²) in [5.74, 6) is 0.120. The molecule has 0 aliphatic carbocycles. The predicted molar refractivity (Wildman–Crippen MR) is 92.3 cm³/mol. The molecule has 0 spiro atoms. The second-order valence-corrected chi connectivity index (χ2v) is 6.28. The molecule has 0 atom stereocenters. The second kappa shape index (κ2) is 11.4. The summed E-state index contributed by atoms with van der Waals surface area (Å²) < 4.78 is 0. The van der Waals surface area contributed by atoms with E-state index in [1.807, 2.05) is 12.1 Å². The SMILES string of the molecule is CCCCCCCc1ccc(O)c(CN(CC(O)O)CC(O)O)c1. The fourth-order valence-electron chi connectivity index (χ4n) is 2.76. The maximum atomic E-state index is 10.0. The lowest BCUT2D eigenvalue weighted by molar-refractivity contribution is -0.0965. The molecule has 138 valence electrons. The number of phenolic OH excluding ortho intramolecular Hbond substituents is 1. The fraction of sp³-hybridized carbons (Fsp3) is 0.667. The van der Waals surface area contributed by atoms with Crippen LogP contribution in [0.15, 0.2) is 18.2 Å². The zero-order chi connectivity index (χ0) is 17.9. The number of benzene rings is 1.